The number of amides is 1. The highest BCUT2D eigenvalue weighted by molar-refractivity contribution is 5.97. The summed E-state index contributed by atoms with van der Waals surface area (Å²) in [5, 5.41) is 7.47. The summed E-state index contributed by atoms with van der Waals surface area (Å²) in [4.78, 5) is 27.4. The van der Waals surface area contributed by atoms with Crippen LogP contribution in [0.25, 0.3) is 10.9 Å². The molecule has 3 N–H and O–H groups in total. The molecule has 1 amide bonds. The molecule has 2 unspecified atom stereocenters. The third-order valence-corrected chi connectivity index (χ3v) is 4.81. The lowest BCUT2D eigenvalue weighted by molar-refractivity contribution is 0.0922. The average molecular weight is 297 g/mol. The third kappa shape index (κ3) is 2.41. The minimum atomic E-state index is -0.326. The molecule has 2 bridgehead atoms. The topological polar surface area (TPSA) is 74.0 Å². The fourth-order valence-electron chi connectivity index (χ4n) is 3.75. The van der Waals surface area contributed by atoms with Crippen LogP contribution in [0.15, 0.2) is 35.1 Å². The maximum absolute atomic E-state index is 12.5. The molecule has 1 aromatic carbocycles. The van der Waals surface area contributed by atoms with Crippen molar-refractivity contribution >= 4 is 16.8 Å². The summed E-state index contributed by atoms with van der Waals surface area (Å²) in [6.45, 7) is 0. The second-order valence-corrected chi connectivity index (χ2v) is 6.38. The largest absolute Gasteiger partial charge is 0.349 e. The van der Waals surface area contributed by atoms with Crippen molar-refractivity contribution in [2.75, 3.05) is 0 Å². The van der Waals surface area contributed by atoms with Gasteiger partial charge in [0.25, 0.3) is 11.5 Å². The highest BCUT2D eigenvalue weighted by Crippen LogP contribution is 2.26. The predicted octanol–water partition coefficient (Wildman–Crippen LogP) is 1.54. The Hall–Kier alpha value is -2.14. The second kappa shape index (κ2) is 5.25. The summed E-state index contributed by atoms with van der Waals surface area (Å²) >= 11 is 0. The second-order valence-electron chi connectivity index (χ2n) is 6.38. The first-order valence-electron chi connectivity index (χ1n) is 7.88. The lowest BCUT2D eigenvalue weighted by atomic mass is 9.99. The van der Waals surface area contributed by atoms with Crippen LogP contribution >= 0.6 is 0 Å². The fraction of sp³-hybridized carbons (Fsp3) is 0.412. The zero-order valence-electron chi connectivity index (χ0n) is 12.3. The molecule has 2 aliphatic heterocycles. The van der Waals surface area contributed by atoms with Crippen LogP contribution in [0.5, 0.6) is 0 Å². The van der Waals surface area contributed by atoms with E-state index in [-0.39, 0.29) is 23.1 Å². The maximum Gasteiger partial charge on any atom is 0.261 e. The van der Waals surface area contributed by atoms with Crippen LogP contribution in [0.1, 0.15) is 36.0 Å². The number of fused-ring (bicyclic) bond motifs is 3. The number of H-pyrrole nitrogens is 1. The van der Waals surface area contributed by atoms with E-state index in [1.807, 2.05) is 24.3 Å². The summed E-state index contributed by atoms with van der Waals surface area (Å²) in [6.07, 6.45) is 4.28. The molecule has 1 aromatic heterocycles. The van der Waals surface area contributed by atoms with E-state index in [1.54, 1.807) is 6.07 Å². The SMILES string of the molecule is O=C(NC1CC2CCC(C1)N2)c1cc2ccccc2[nH]c1=O. The number of carbonyl (C=O) groups excluding carboxylic acids is 1. The summed E-state index contributed by atoms with van der Waals surface area (Å²) in [5.74, 6) is -0.265. The molecule has 0 aliphatic carbocycles. The zero-order chi connectivity index (χ0) is 15.1. The molecule has 5 heteroatoms. The van der Waals surface area contributed by atoms with E-state index in [1.165, 1.54) is 12.8 Å². The molecular formula is C17H19N3O2. The normalized spacial score (nSPS) is 27.0. The van der Waals surface area contributed by atoms with Gasteiger partial charge in [-0.2, -0.15) is 0 Å². The monoisotopic (exact) mass is 297 g/mol. The number of piperidine rings is 1. The highest BCUT2D eigenvalue weighted by Gasteiger charge is 2.34. The van der Waals surface area contributed by atoms with Crippen molar-refractivity contribution in [3.05, 3.63) is 46.2 Å². The van der Waals surface area contributed by atoms with Crippen LogP contribution in [0.4, 0.5) is 0 Å². The van der Waals surface area contributed by atoms with E-state index in [4.69, 9.17) is 0 Å². The van der Waals surface area contributed by atoms with Crippen LogP contribution in [0.2, 0.25) is 0 Å². The van der Waals surface area contributed by atoms with Crippen molar-refractivity contribution in [3.63, 3.8) is 0 Å². The van der Waals surface area contributed by atoms with Crippen LogP contribution < -0.4 is 16.2 Å². The Labute approximate surface area is 128 Å². The van der Waals surface area contributed by atoms with E-state index in [9.17, 15) is 9.59 Å². The molecular weight excluding hydrogens is 278 g/mol. The zero-order valence-corrected chi connectivity index (χ0v) is 12.3. The van der Waals surface area contributed by atoms with Crippen LogP contribution in [-0.4, -0.2) is 29.0 Å². The van der Waals surface area contributed by atoms with Gasteiger partial charge in [0.15, 0.2) is 0 Å². The Bertz CT molecular complexity index is 771. The third-order valence-electron chi connectivity index (χ3n) is 4.81. The first kappa shape index (κ1) is 13.5. The van der Waals surface area contributed by atoms with Gasteiger partial charge in [-0.1, -0.05) is 18.2 Å². The predicted molar refractivity (Wildman–Crippen MR) is 85.0 cm³/mol. The van der Waals surface area contributed by atoms with E-state index >= 15 is 0 Å². The fourth-order valence-corrected chi connectivity index (χ4v) is 3.75. The maximum atomic E-state index is 12.5. The summed E-state index contributed by atoms with van der Waals surface area (Å²) in [5.41, 5.74) is 0.627. The number of aromatic amines is 1. The molecule has 2 atom stereocenters. The number of hydrogen-bond donors (Lipinski definition) is 3. The van der Waals surface area contributed by atoms with Crippen molar-refractivity contribution in [3.8, 4) is 0 Å². The molecule has 0 saturated carbocycles. The molecule has 2 aliphatic rings. The molecule has 22 heavy (non-hydrogen) atoms. The number of aromatic nitrogens is 1. The number of pyridine rings is 1. The molecule has 2 aromatic rings. The van der Waals surface area contributed by atoms with Crippen molar-refractivity contribution in [1.29, 1.82) is 0 Å². The van der Waals surface area contributed by atoms with Crippen LogP contribution in [-0.2, 0) is 0 Å². The van der Waals surface area contributed by atoms with Gasteiger partial charge < -0.3 is 15.6 Å². The summed E-state index contributed by atoms with van der Waals surface area (Å²) in [7, 11) is 0. The van der Waals surface area contributed by atoms with Gasteiger partial charge in [-0.15, -0.1) is 0 Å². The van der Waals surface area contributed by atoms with E-state index < -0.39 is 0 Å². The van der Waals surface area contributed by atoms with Gasteiger partial charge in [-0.25, -0.2) is 0 Å². The molecule has 2 saturated heterocycles. The molecule has 0 spiro atoms. The number of hydrogen-bond acceptors (Lipinski definition) is 3. The van der Waals surface area contributed by atoms with Gasteiger partial charge in [0, 0.05) is 23.6 Å². The van der Waals surface area contributed by atoms with E-state index in [2.05, 4.69) is 15.6 Å². The lowest BCUT2D eigenvalue weighted by Gasteiger charge is -2.29. The Morgan fingerprint density at radius 3 is 2.64 bits per heavy atom. The number of rotatable bonds is 2. The average Bonchev–Trinajstić information content (AvgIpc) is 2.85. The molecule has 4 rings (SSSR count). The molecule has 5 nitrogen and oxygen atoms in total. The summed E-state index contributed by atoms with van der Waals surface area (Å²) in [6, 6.07) is 10.4. The number of nitrogens with one attached hydrogen (secondary N) is 3. The smallest absolute Gasteiger partial charge is 0.261 e. The molecule has 2 fully saturated rings. The standard InChI is InChI=1S/C17H19N3O2/c21-16(19-13-8-11-5-6-12(9-13)18-11)14-7-10-3-1-2-4-15(10)20-17(14)22/h1-4,7,11-13,18H,5-6,8-9H2,(H,19,21)(H,20,22). The Kier molecular flexibility index (Phi) is 3.22. The van der Waals surface area contributed by atoms with Gasteiger partial charge in [-0.05, 0) is 43.2 Å². The number of carbonyl (C=O) groups is 1. The van der Waals surface area contributed by atoms with Gasteiger partial charge in [-0.3, -0.25) is 9.59 Å². The Balaban J connectivity index is 1.57. The van der Waals surface area contributed by atoms with Crippen molar-refractivity contribution in [2.24, 2.45) is 0 Å². The molecule has 0 radical (unpaired) electrons. The van der Waals surface area contributed by atoms with Gasteiger partial charge in [0.2, 0.25) is 0 Å². The minimum absolute atomic E-state index is 0.164. The van der Waals surface area contributed by atoms with Gasteiger partial charge >= 0.3 is 0 Å². The number of benzene rings is 1. The summed E-state index contributed by atoms with van der Waals surface area (Å²) < 4.78 is 0. The van der Waals surface area contributed by atoms with E-state index in [0.717, 1.165) is 23.7 Å². The first-order chi connectivity index (χ1) is 10.7. The van der Waals surface area contributed by atoms with Crippen molar-refractivity contribution < 1.29 is 4.79 Å². The molecule has 114 valence electrons. The lowest BCUT2D eigenvalue weighted by Crippen LogP contribution is -2.48. The van der Waals surface area contributed by atoms with E-state index in [0.29, 0.717) is 12.1 Å². The van der Waals surface area contributed by atoms with Crippen LogP contribution in [0.3, 0.4) is 0 Å². The van der Waals surface area contributed by atoms with Crippen LogP contribution in [0, 0.1) is 0 Å². The minimum Gasteiger partial charge on any atom is -0.349 e. The Morgan fingerprint density at radius 2 is 1.86 bits per heavy atom. The van der Waals surface area contributed by atoms with Gasteiger partial charge in [0.1, 0.15) is 5.56 Å². The number of para-hydroxylation sites is 1. The van der Waals surface area contributed by atoms with Crippen molar-refractivity contribution in [2.45, 2.75) is 43.8 Å². The quantitative estimate of drug-likeness (QED) is 0.787. The first-order valence-corrected chi connectivity index (χ1v) is 7.88. The van der Waals surface area contributed by atoms with Gasteiger partial charge in [0.05, 0.1) is 0 Å². The van der Waals surface area contributed by atoms with Crippen molar-refractivity contribution in [1.82, 2.24) is 15.6 Å². The molecule has 3 heterocycles. The Morgan fingerprint density at radius 1 is 1.14 bits per heavy atom. The highest BCUT2D eigenvalue weighted by atomic mass is 16.2.